The summed E-state index contributed by atoms with van der Waals surface area (Å²) in [4.78, 5) is 29.8. The molecule has 29 heavy (non-hydrogen) atoms. The Balaban J connectivity index is 1.29. The fourth-order valence-electron chi connectivity index (χ4n) is 4.03. The Kier molecular flexibility index (Phi) is 4.27. The summed E-state index contributed by atoms with van der Waals surface area (Å²) in [5.74, 6) is 0.599. The van der Waals surface area contributed by atoms with E-state index in [1.807, 2.05) is 42.5 Å². The molecule has 2 aromatic heterocycles. The van der Waals surface area contributed by atoms with Gasteiger partial charge in [-0.3, -0.25) is 9.89 Å². The number of nitrogens with zero attached hydrogens (tertiary/aromatic N) is 2. The van der Waals surface area contributed by atoms with E-state index < -0.39 is 0 Å². The molecule has 0 spiro atoms. The zero-order valence-corrected chi connectivity index (χ0v) is 15.7. The Morgan fingerprint density at radius 2 is 1.86 bits per heavy atom. The number of nitrogens with one attached hydrogen (secondary N) is 2. The van der Waals surface area contributed by atoms with Crippen molar-refractivity contribution in [1.82, 2.24) is 20.1 Å². The van der Waals surface area contributed by atoms with Crippen LogP contribution in [0.3, 0.4) is 0 Å². The van der Waals surface area contributed by atoms with E-state index in [4.69, 9.17) is 4.74 Å². The minimum absolute atomic E-state index is 0.0457. The van der Waals surface area contributed by atoms with Crippen molar-refractivity contribution >= 4 is 27.9 Å². The van der Waals surface area contributed by atoms with E-state index in [9.17, 15) is 9.59 Å². The van der Waals surface area contributed by atoms with Gasteiger partial charge in [0.1, 0.15) is 5.52 Å². The molecule has 0 radical (unpaired) electrons. The Hall–Kier alpha value is -3.61. The molecule has 7 heteroatoms. The number of pyridine rings is 1. The van der Waals surface area contributed by atoms with Crippen molar-refractivity contribution < 1.29 is 9.53 Å². The Morgan fingerprint density at radius 3 is 2.72 bits per heavy atom. The monoisotopic (exact) mass is 388 g/mol. The van der Waals surface area contributed by atoms with Crippen LogP contribution in [0.5, 0.6) is 5.75 Å². The molecule has 2 aromatic carbocycles. The molecule has 146 valence electrons. The SMILES string of the molecule is O=C(Oc1cccc2cn[nH]c12)N1CCC(c2cc3ccccc3[nH]c2=O)CC1. The molecular formula is C22H20N4O3. The maximum Gasteiger partial charge on any atom is 0.415 e. The van der Waals surface area contributed by atoms with Gasteiger partial charge in [0, 0.05) is 29.6 Å². The lowest BCUT2D eigenvalue weighted by Crippen LogP contribution is -2.40. The van der Waals surface area contributed by atoms with Crippen molar-refractivity contribution in [1.29, 1.82) is 0 Å². The van der Waals surface area contributed by atoms with Crippen LogP contribution < -0.4 is 10.3 Å². The molecule has 1 aliphatic heterocycles. The molecule has 1 aliphatic rings. The normalized spacial score (nSPS) is 15.1. The minimum Gasteiger partial charge on any atom is -0.408 e. The predicted molar refractivity (Wildman–Crippen MR) is 110 cm³/mol. The third-order valence-electron chi connectivity index (χ3n) is 5.61. The summed E-state index contributed by atoms with van der Waals surface area (Å²) < 4.78 is 5.60. The molecule has 0 atom stereocenters. The molecule has 5 rings (SSSR count). The van der Waals surface area contributed by atoms with Gasteiger partial charge in [0.05, 0.1) is 6.20 Å². The second-order valence-corrected chi connectivity index (χ2v) is 7.36. The molecule has 2 N–H and O–H groups in total. The zero-order chi connectivity index (χ0) is 19.8. The van der Waals surface area contributed by atoms with Crippen LogP contribution in [0.4, 0.5) is 4.79 Å². The maximum atomic E-state index is 12.6. The summed E-state index contributed by atoms with van der Waals surface area (Å²) in [7, 11) is 0. The Morgan fingerprint density at radius 1 is 1.07 bits per heavy atom. The highest BCUT2D eigenvalue weighted by Crippen LogP contribution is 2.29. The van der Waals surface area contributed by atoms with Crippen molar-refractivity contribution in [2.45, 2.75) is 18.8 Å². The number of benzene rings is 2. The van der Waals surface area contributed by atoms with Gasteiger partial charge in [0.25, 0.3) is 5.56 Å². The first kappa shape index (κ1) is 17.5. The number of likely N-dealkylation sites (tertiary alicyclic amines) is 1. The van der Waals surface area contributed by atoms with Gasteiger partial charge in [-0.05, 0) is 42.3 Å². The quantitative estimate of drug-likeness (QED) is 0.547. The number of carbonyl (C=O) groups is 1. The first-order valence-electron chi connectivity index (χ1n) is 9.70. The van der Waals surface area contributed by atoms with Crippen molar-refractivity contribution in [3.8, 4) is 5.75 Å². The molecule has 7 nitrogen and oxygen atoms in total. The lowest BCUT2D eigenvalue weighted by molar-refractivity contribution is 0.139. The van der Waals surface area contributed by atoms with Gasteiger partial charge in [-0.1, -0.05) is 30.3 Å². The van der Waals surface area contributed by atoms with E-state index in [0.717, 1.165) is 34.7 Å². The standard InChI is InChI=1S/C22H20N4O3/c27-21-17(12-15-4-1-2-6-18(15)24-21)14-8-10-26(11-9-14)22(28)29-19-7-3-5-16-13-23-25-20(16)19/h1-7,12-14H,8-11H2,(H,23,25)(H,24,27). The van der Waals surface area contributed by atoms with E-state index in [-0.39, 0.29) is 17.6 Å². The fourth-order valence-corrected chi connectivity index (χ4v) is 4.03. The van der Waals surface area contributed by atoms with E-state index in [2.05, 4.69) is 15.2 Å². The molecule has 1 amide bonds. The van der Waals surface area contributed by atoms with E-state index >= 15 is 0 Å². The number of carbonyl (C=O) groups excluding carboxylic acids is 1. The van der Waals surface area contributed by atoms with E-state index in [1.165, 1.54) is 0 Å². The fraction of sp³-hybridized carbons (Fsp3) is 0.227. The van der Waals surface area contributed by atoms with Crippen molar-refractivity contribution in [2.24, 2.45) is 0 Å². The largest absolute Gasteiger partial charge is 0.415 e. The minimum atomic E-state index is -0.377. The summed E-state index contributed by atoms with van der Waals surface area (Å²) in [6, 6.07) is 15.2. The molecule has 4 aromatic rings. The van der Waals surface area contributed by atoms with Gasteiger partial charge >= 0.3 is 6.09 Å². The second-order valence-electron chi connectivity index (χ2n) is 7.36. The average Bonchev–Trinajstić information content (AvgIpc) is 3.23. The lowest BCUT2D eigenvalue weighted by atomic mass is 9.89. The number of H-pyrrole nitrogens is 2. The molecule has 0 unspecified atom stereocenters. The predicted octanol–water partition coefficient (Wildman–Crippen LogP) is 3.78. The topological polar surface area (TPSA) is 91.1 Å². The number of ether oxygens (including phenoxy) is 1. The van der Waals surface area contributed by atoms with E-state index in [1.54, 1.807) is 17.2 Å². The van der Waals surface area contributed by atoms with Crippen LogP contribution in [0.25, 0.3) is 21.8 Å². The maximum absolute atomic E-state index is 12.6. The summed E-state index contributed by atoms with van der Waals surface area (Å²) in [6.45, 7) is 1.10. The van der Waals surface area contributed by atoms with E-state index in [0.29, 0.717) is 24.4 Å². The summed E-state index contributed by atoms with van der Waals surface area (Å²) in [6.07, 6.45) is 2.77. The highest BCUT2D eigenvalue weighted by atomic mass is 16.6. The highest BCUT2D eigenvalue weighted by Gasteiger charge is 2.27. The number of para-hydroxylation sites is 2. The third-order valence-corrected chi connectivity index (χ3v) is 5.61. The third kappa shape index (κ3) is 3.24. The number of aromatic amines is 2. The van der Waals surface area contributed by atoms with Crippen LogP contribution in [0.1, 0.15) is 24.3 Å². The van der Waals surface area contributed by atoms with Crippen LogP contribution in [-0.2, 0) is 0 Å². The van der Waals surface area contributed by atoms with Crippen LogP contribution in [0.15, 0.2) is 59.5 Å². The average molecular weight is 388 g/mol. The van der Waals surface area contributed by atoms with Crippen molar-refractivity contribution in [3.05, 3.63) is 70.6 Å². The van der Waals surface area contributed by atoms with Crippen molar-refractivity contribution in [3.63, 3.8) is 0 Å². The van der Waals surface area contributed by atoms with Crippen LogP contribution in [0.2, 0.25) is 0 Å². The van der Waals surface area contributed by atoms with Gasteiger partial charge in [-0.25, -0.2) is 4.79 Å². The lowest BCUT2D eigenvalue weighted by Gasteiger charge is -2.31. The smallest absolute Gasteiger partial charge is 0.408 e. The highest BCUT2D eigenvalue weighted by molar-refractivity contribution is 5.86. The number of aromatic nitrogens is 3. The Bertz CT molecular complexity index is 1250. The number of piperidine rings is 1. The molecule has 0 aliphatic carbocycles. The number of hydrogen-bond donors (Lipinski definition) is 2. The number of amides is 1. The van der Waals surface area contributed by atoms with Gasteiger partial charge in [0.15, 0.2) is 5.75 Å². The molecule has 3 heterocycles. The summed E-state index contributed by atoms with van der Waals surface area (Å²) in [5, 5.41) is 8.77. The van der Waals surface area contributed by atoms with Crippen LogP contribution >= 0.6 is 0 Å². The number of fused-ring (bicyclic) bond motifs is 2. The number of hydrogen-bond acceptors (Lipinski definition) is 4. The van der Waals surface area contributed by atoms with Gasteiger partial charge in [0.2, 0.25) is 0 Å². The zero-order valence-electron chi connectivity index (χ0n) is 15.7. The summed E-state index contributed by atoms with van der Waals surface area (Å²) in [5.41, 5.74) is 2.29. The molecule has 1 saturated heterocycles. The van der Waals surface area contributed by atoms with Gasteiger partial charge < -0.3 is 14.6 Å². The summed E-state index contributed by atoms with van der Waals surface area (Å²) >= 11 is 0. The van der Waals surface area contributed by atoms with Gasteiger partial charge in [-0.2, -0.15) is 5.10 Å². The first-order chi connectivity index (χ1) is 14.2. The van der Waals surface area contributed by atoms with Crippen LogP contribution in [0, 0.1) is 0 Å². The first-order valence-corrected chi connectivity index (χ1v) is 9.70. The molecule has 1 fully saturated rings. The molecular weight excluding hydrogens is 368 g/mol. The molecule has 0 saturated carbocycles. The van der Waals surface area contributed by atoms with Crippen LogP contribution in [-0.4, -0.2) is 39.3 Å². The number of rotatable bonds is 2. The van der Waals surface area contributed by atoms with Gasteiger partial charge in [-0.15, -0.1) is 0 Å². The van der Waals surface area contributed by atoms with Crippen molar-refractivity contribution in [2.75, 3.05) is 13.1 Å². The second kappa shape index (κ2) is 7.09. The molecule has 0 bridgehead atoms. The Labute approximate surface area is 166 Å².